The summed E-state index contributed by atoms with van der Waals surface area (Å²) in [6, 6.07) is 8.02. The Bertz CT molecular complexity index is 846. The number of benzene rings is 1. The molecule has 1 saturated heterocycles. The maximum Gasteiger partial charge on any atom is 0.407 e. The first kappa shape index (κ1) is 20.8. The molecule has 0 bridgehead atoms. The van der Waals surface area contributed by atoms with Gasteiger partial charge in [0.15, 0.2) is 5.69 Å². The number of carbonyl (C=O) groups excluding carboxylic acids is 2. The summed E-state index contributed by atoms with van der Waals surface area (Å²) in [6.45, 7) is 8.71. The molecule has 0 saturated carbocycles. The fraction of sp³-hybridized carbons (Fsp3) is 0.524. The largest absolute Gasteiger partial charge is 0.444 e. The number of hydrogen-bond donors (Lipinski definition) is 1. The molecule has 8 heteroatoms. The minimum Gasteiger partial charge on any atom is -0.444 e. The molecule has 1 aromatic carbocycles. The van der Waals surface area contributed by atoms with Crippen LogP contribution in [-0.2, 0) is 11.2 Å². The Morgan fingerprint density at radius 2 is 1.83 bits per heavy atom. The summed E-state index contributed by atoms with van der Waals surface area (Å²) >= 11 is 0. The summed E-state index contributed by atoms with van der Waals surface area (Å²) in [5.74, 6) is -0.142. The van der Waals surface area contributed by atoms with Crippen molar-refractivity contribution in [1.29, 1.82) is 0 Å². The minimum atomic E-state index is -0.524. The Hall–Kier alpha value is -2.90. The summed E-state index contributed by atoms with van der Waals surface area (Å²) < 4.78 is 6.91. The van der Waals surface area contributed by atoms with Gasteiger partial charge in [0.1, 0.15) is 5.60 Å². The van der Waals surface area contributed by atoms with Crippen LogP contribution in [0.15, 0.2) is 30.5 Å². The van der Waals surface area contributed by atoms with Crippen LogP contribution in [0.4, 0.5) is 4.79 Å². The van der Waals surface area contributed by atoms with Crippen molar-refractivity contribution in [3.63, 3.8) is 0 Å². The van der Waals surface area contributed by atoms with Crippen molar-refractivity contribution in [2.75, 3.05) is 13.1 Å². The molecule has 1 fully saturated rings. The second-order valence-electron chi connectivity index (χ2n) is 8.28. The van der Waals surface area contributed by atoms with Crippen LogP contribution in [0.25, 0.3) is 5.69 Å². The molecule has 0 atom stereocenters. The van der Waals surface area contributed by atoms with Gasteiger partial charge in [0, 0.05) is 19.1 Å². The minimum absolute atomic E-state index is 0.00154. The second kappa shape index (κ2) is 8.63. The third-order valence-electron chi connectivity index (χ3n) is 4.82. The van der Waals surface area contributed by atoms with Crippen LogP contribution < -0.4 is 5.32 Å². The van der Waals surface area contributed by atoms with Gasteiger partial charge >= 0.3 is 6.09 Å². The maximum atomic E-state index is 12.8. The van der Waals surface area contributed by atoms with Gasteiger partial charge in [0.05, 0.1) is 11.9 Å². The number of carbonyl (C=O) groups is 2. The Balaban J connectivity index is 1.54. The zero-order valence-corrected chi connectivity index (χ0v) is 17.5. The fourth-order valence-electron chi connectivity index (χ4n) is 3.24. The van der Waals surface area contributed by atoms with Gasteiger partial charge in [-0.15, -0.1) is 5.10 Å². The van der Waals surface area contributed by atoms with Crippen molar-refractivity contribution >= 4 is 12.0 Å². The molecule has 8 nitrogen and oxygen atoms in total. The third kappa shape index (κ3) is 5.56. The van der Waals surface area contributed by atoms with E-state index in [1.807, 2.05) is 45.0 Å². The first-order valence-electron chi connectivity index (χ1n) is 10.1. The Kier molecular flexibility index (Phi) is 6.20. The van der Waals surface area contributed by atoms with Gasteiger partial charge in [0.25, 0.3) is 5.91 Å². The topological polar surface area (TPSA) is 89.4 Å². The molecule has 29 heavy (non-hydrogen) atoms. The molecular formula is C21H29N5O3. The quantitative estimate of drug-likeness (QED) is 0.854. The van der Waals surface area contributed by atoms with E-state index < -0.39 is 11.7 Å². The van der Waals surface area contributed by atoms with Gasteiger partial charge in [0.2, 0.25) is 0 Å². The van der Waals surface area contributed by atoms with Crippen molar-refractivity contribution in [3.05, 3.63) is 41.7 Å². The van der Waals surface area contributed by atoms with Crippen LogP contribution >= 0.6 is 0 Å². The molecule has 1 aliphatic heterocycles. The number of piperidine rings is 1. The van der Waals surface area contributed by atoms with E-state index in [-0.39, 0.29) is 11.9 Å². The van der Waals surface area contributed by atoms with Crippen molar-refractivity contribution < 1.29 is 14.3 Å². The Labute approximate surface area is 171 Å². The van der Waals surface area contributed by atoms with Gasteiger partial charge in [-0.05, 0) is 57.7 Å². The normalized spacial score (nSPS) is 15.2. The molecule has 0 spiro atoms. The Morgan fingerprint density at radius 1 is 1.17 bits per heavy atom. The van der Waals surface area contributed by atoms with E-state index in [0.29, 0.717) is 31.6 Å². The van der Waals surface area contributed by atoms with E-state index in [9.17, 15) is 9.59 Å². The van der Waals surface area contributed by atoms with Crippen molar-refractivity contribution in [3.8, 4) is 5.69 Å². The first-order chi connectivity index (χ1) is 13.7. The number of amides is 2. The van der Waals surface area contributed by atoms with Gasteiger partial charge in [-0.25, -0.2) is 9.48 Å². The zero-order valence-electron chi connectivity index (χ0n) is 17.5. The highest BCUT2D eigenvalue weighted by atomic mass is 16.6. The lowest BCUT2D eigenvalue weighted by molar-refractivity contribution is 0.0473. The van der Waals surface area contributed by atoms with Crippen LogP contribution in [-0.4, -0.2) is 56.6 Å². The lowest BCUT2D eigenvalue weighted by Crippen LogP contribution is -2.47. The summed E-state index contributed by atoms with van der Waals surface area (Å²) in [4.78, 5) is 26.4. The molecule has 1 aromatic heterocycles. The number of aryl methyl sites for hydroxylation is 1. The molecule has 0 unspecified atom stereocenters. The molecule has 2 heterocycles. The SMILES string of the molecule is CCc1ccc(-n2cc(C(=O)N3CCC(NC(=O)OC(C)(C)C)CC3)nn2)cc1. The molecule has 156 valence electrons. The van der Waals surface area contributed by atoms with Crippen molar-refractivity contribution in [2.24, 2.45) is 0 Å². The van der Waals surface area contributed by atoms with E-state index in [0.717, 1.165) is 12.1 Å². The summed E-state index contributed by atoms with van der Waals surface area (Å²) in [7, 11) is 0. The molecule has 0 radical (unpaired) electrons. The predicted molar refractivity (Wildman–Crippen MR) is 109 cm³/mol. The molecule has 2 amide bonds. The average molecular weight is 399 g/mol. The van der Waals surface area contributed by atoms with Gasteiger partial charge in [-0.2, -0.15) is 0 Å². The molecular weight excluding hydrogens is 370 g/mol. The van der Waals surface area contributed by atoms with E-state index in [1.165, 1.54) is 5.56 Å². The van der Waals surface area contributed by atoms with Crippen LogP contribution in [0, 0.1) is 0 Å². The van der Waals surface area contributed by atoms with Crippen molar-refractivity contribution in [1.82, 2.24) is 25.2 Å². The molecule has 3 rings (SSSR count). The number of rotatable bonds is 4. The first-order valence-corrected chi connectivity index (χ1v) is 10.1. The number of hydrogen-bond acceptors (Lipinski definition) is 5. The van der Waals surface area contributed by atoms with Crippen LogP contribution in [0.3, 0.4) is 0 Å². The summed E-state index contributed by atoms with van der Waals surface area (Å²) in [6.07, 6.45) is 3.57. The van der Waals surface area contributed by atoms with Crippen molar-refractivity contribution in [2.45, 2.75) is 58.6 Å². The maximum absolute atomic E-state index is 12.8. The third-order valence-corrected chi connectivity index (χ3v) is 4.82. The molecule has 2 aromatic rings. The highest BCUT2D eigenvalue weighted by Gasteiger charge is 2.27. The van der Waals surface area contributed by atoms with Crippen LogP contribution in [0.2, 0.25) is 0 Å². The summed E-state index contributed by atoms with van der Waals surface area (Å²) in [5.41, 5.74) is 1.91. The number of nitrogens with one attached hydrogen (secondary N) is 1. The fourth-order valence-corrected chi connectivity index (χ4v) is 3.24. The molecule has 1 aliphatic rings. The average Bonchev–Trinajstić information content (AvgIpc) is 3.17. The number of aromatic nitrogens is 3. The summed E-state index contributed by atoms with van der Waals surface area (Å²) in [5, 5.41) is 11.0. The second-order valence-corrected chi connectivity index (χ2v) is 8.28. The van der Waals surface area contributed by atoms with E-state index in [2.05, 4.69) is 22.6 Å². The molecule has 0 aliphatic carbocycles. The Morgan fingerprint density at radius 3 is 2.41 bits per heavy atom. The molecule has 1 N–H and O–H groups in total. The number of alkyl carbamates (subject to hydrolysis) is 1. The van der Waals surface area contributed by atoms with Gasteiger partial charge in [-0.1, -0.05) is 24.3 Å². The predicted octanol–water partition coefficient (Wildman–Crippen LogP) is 2.96. The number of ether oxygens (including phenoxy) is 1. The number of nitrogens with zero attached hydrogens (tertiary/aromatic N) is 4. The smallest absolute Gasteiger partial charge is 0.407 e. The zero-order chi connectivity index (χ0) is 21.0. The van der Waals surface area contributed by atoms with E-state index in [1.54, 1.807) is 15.8 Å². The van der Waals surface area contributed by atoms with E-state index in [4.69, 9.17) is 4.74 Å². The number of likely N-dealkylation sites (tertiary alicyclic amines) is 1. The lowest BCUT2D eigenvalue weighted by atomic mass is 10.0. The van der Waals surface area contributed by atoms with Crippen LogP contribution in [0.1, 0.15) is 56.6 Å². The van der Waals surface area contributed by atoms with Gasteiger partial charge < -0.3 is 15.0 Å². The highest BCUT2D eigenvalue weighted by Crippen LogP contribution is 2.16. The van der Waals surface area contributed by atoms with Crippen LogP contribution in [0.5, 0.6) is 0 Å². The monoisotopic (exact) mass is 399 g/mol. The van der Waals surface area contributed by atoms with E-state index >= 15 is 0 Å². The van der Waals surface area contributed by atoms with Gasteiger partial charge in [-0.3, -0.25) is 4.79 Å². The highest BCUT2D eigenvalue weighted by molar-refractivity contribution is 5.92. The standard InChI is InChI=1S/C21H29N5O3/c1-5-15-6-8-17(9-7-15)26-14-18(23-24-26)19(27)25-12-10-16(11-13-25)22-20(28)29-21(2,3)4/h6-9,14,16H,5,10-13H2,1-4H3,(H,22,28). The lowest BCUT2D eigenvalue weighted by Gasteiger charge is -2.32.